The van der Waals surface area contributed by atoms with Gasteiger partial charge < -0.3 is 24.1 Å². The molecule has 0 saturated carbocycles. The van der Waals surface area contributed by atoms with Crippen molar-refractivity contribution in [2.75, 3.05) is 13.2 Å². The van der Waals surface area contributed by atoms with E-state index in [-0.39, 0.29) is 6.61 Å². The van der Waals surface area contributed by atoms with E-state index in [1.165, 1.54) is 6.92 Å². The van der Waals surface area contributed by atoms with Crippen LogP contribution >= 0.6 is 0 Å². The first-order chi connectivity index (χ1) is 14.0. The third kappa shape index (κ3) is 6.43. The molecule has 3 unspecified atom stereocenters. The maximum Gasteiger partial charge on any atom is 0.338 e. The van der Waals surface area contributed by atoms with Crippen LogP contribution in [0.3, 0.4) is 0 Å². The lowest BCUT2D eigenvalue weighted by Crippen LogP contribution is -2.59. The SMILES string of the molecule is CCCCOC1C(N=[N+]=[N-])[C@@H](O)C(COC(=O)c2ccccc2)O[C@H]1OC(C)=O. The zero-order valence-corrected chi connectivity index (χ0v) is 16.3. The monoisotopic (exact) mass is 407 g/mol. The van der Waals surface area contributed by atoms with Gasteiger partial charge in [0.2, 0.25) is 6.29 Å². The number of unbranched alkanes of at least 4 members (excludes halogenated alkanes) is 1. The van der Waals surface area contributed by atoms with E-state index in [0.29, 0.717) is 12.2 Å². The molecule has 0 aliphatic carbocycles. The molecule has 1 N–H and O–H groups in total. The highest BCUT2D eigenvalue weighted by atomic mass is 16.7. The van der Waals surface area contributed by atoms with Crippen LogP contribution in [0.25, 0.3) is 10.4 Å². The Morgan fingerprint density at radius 2 is 2.03 bits per heavy atom. The minimum Gasteiger partial charge on any atom is -0.459 e. The lowest BCUT2D eigenvalue weighted by molar-refractivity contribution is -0.275. The molecule has 1 fully saturated rings. The fourth-order valence-corrected chi connectivity index (χ4v) is 2.85. The van der Waals surface area contributed by atoms with Gasteiger partial charge in [-0.3, -0.25) is 4.79 Å². The van der Waals surface area contributed by atoms with Crippen LogP contribution in [0.15, 0.2) is 35.4 Å². The van der Waals surface area contributed by atoms with Gasteiger partial charge in [-0.1, -0.05) is 36.7 Å². The fourth-order valence-electron chi connectivity index (χ4n) is 2.85. The van der Waals surface area contributed by atoms with Crippen LogP contribution in [-0.4, -0.2) is 60.9 Å². The second kappa shape index (κ2) is 11.4. The first kappa shape index (κ1) is 22.6. The average Bonchev–Trinajstić information content (AvgIpc) is 2.71. The molecule has 1 heterocycles. The van der Waals surface area contributed by atoms with Crippen LogP contribution < -0.4 is 0 Å². The normalized spacial score (nSPS) is 26.2. The summed E-state index contributed by atoms with van der Waals surface area (Å²) in [7, 11) is 0. The molecule has 0 bridgehead atoms. The summed E-state index contributed by atoms with van der Waals surface area (Å²) in [5, 5.41) is 14.2. The smallest absolute Gasteiger partial charge is 0.338 e. The Bertz CT molecular complexity index is 724. The first-order valence-corrected chi connectivity index (χ1v) is 9.36. The van der Waals surface area contributed by atoms with Crippen molar-refractivity contribution in [3.05, 3.63) is 46.3 Å². The van der Waals surface area contributed by atoms with Gasteiger partial charge in [-0.2, -0.15) is 0 Å². The number of aliphatic hydroxyl groups excluding tert-OH is 1. The largest absolute Gasteiger partial charge is 0.459 e. The molecular weight excluding hydrogens is 382 g/mol. The molecule has 5 atom stereocenters. The minimum absolute atomic E-state index is 0.306. The Kier molecular flexibility index (Phi) is 8.88. The highest BCUT2D eigenvalue weighted by Gasteiger charge is 2.47. The number of aliphatic hydroxyl groups is 1. The molecule has 0 spiro atoms. The second-order valence-corrected chi connectivity index (χ2v) is 6.49. The van der Waals surface area contributed by atoms with Crippen LogP contribution in [0, 0.1) is 0 Å². The molecule has 158 valence electrons. The average molecular weight is 407 g/mol. The molecule has 0 radical (unpaired) electrons. The molecule has 1 saturated heterocycles. The molecule has 0 aromatic heterocycles. The van der Waals surface area contributed by atoms with Crippen molar-refractivity contribution in [1.82, 2.24) is 0 Å². The third-order valence-corrected chi connectivity index (χ3v) is 4.31. The van der Waals surface area contributed by atoms with Crippen LogP contribution in [0.1, 0.15) is 37.0 Å². The topological polar surface area (TPSA) is 140 Å². The molecule has 1 aromatic carbocycles. The fraction of sp³-hybridized carbons (Fsp3) is 0.579. The predicted molar refractivity (Wildman–Crippen MR) is 101 cm³/mol. The summed E-state index contributed by atoms with van der Waals surface area (Å²) in [4.78, 5) is 26.4. The number of hydrogen-bond acceptors (Lipinski definition) is 8. The molecule has 0 amide bonds. The number of rotatable bonds is 9. The summed E-state index contributed by atoms with van der Waals surface area (Å²) in [6.45, 7) is 3.15. The molecule has 1 aromatic rings. The maximum atomic E-state index is 12.1. The van der Waals surface area contributed by atoms with Gasteiger partial charge >= 0.3 is 11.9 Å². The van der Waals surface area contributed by atoms with Crippen molar-refractivity contribution in [3.8, 4) is 0 Å². The van der Waals surface area contributed by atoms with Gasteiger partial charge in [0.05, 0.1) is 17.7 Å². The van der Waals surface area contributed by atoms with Crippen LogP contribution in [-0.2, 0) is 23.7 Å². The summed E-state index contributed by atoms with van der Waals surface area (Å²) < 4.78 is 21.7. The van der Waals surface area contributed by atoms with E-state index in [1.54, 1.807) is 30.3 Å². The maximum absolute atomic E-state index is 12.1. The molecule has 2 rings (SSSR count). The zero-order valence-electron chi connectivity index (χ0n) is 16.3. The van der Waals surface area contributed by atoms with E-state index in [4.69, 9.17) is 24.5 Å². The summed E-state index contributed by atoms with van der Waals surface area (Å²) in [5.74, 6) is -1.23. The predicted octanol–water partition coefficient (Wildman–Crippen LogP) is 2.36. The van der Waals surface area contributed by atoms with Gasteiger partial charge in [0.15, 0.2) is 0 Å². The van der Waals surface area contributed by atoms with Crippen molar-refractivity contribution in [2.45, 2.75) is 57.3 Å². The summed E-state index contributed by atoms with van der Waals surface area (Å²) >= 11 is 0. The first-order valence-electron chi connectivity index (χ1n) is 9.36. The van der Waals surface area contributed by atoms with Gasteiger partial charge in [0.25, 0.3) is 0 Å². The van der Waals surface area contributed by atoms with E-state index in [0.717, 1.165) is 12.8 Å². The van der Waals surface area contributed by atoms with Crippen molar-refractivity contribution in [2.24, 2.45) is 5.11 Å². The number of carbonyl (C=O) groups excluding carboxylic acids is 2. The molecule has 1 aliphatic heterocycles. The van der Waals surface area contributed by atoms with Crippen molar-refractivity contribution in [1.29, 1.82) is 0 Å². The van der Waals surface area contributed by atoms with Crippen molar-refractivity contribution < 1.29 is 33.6 Å². The number of hydrogen-bond donors (Lipinski definition) is 1. The Morgan fingerprint density at radius 1 is 1.31 bits per heavy atom. The Hall–Kier alpha value is -2.65. The lowest BCUT2D eigenvalue weighted by atomic mass is 9.97. The quantitative estimate of drug-likeness (QED) is 0.218. The van der Waals surface area contributed by atoms with Crippen LogP contribution in [0.4, 0.5) is 0 Å². The summed E-state index contributed by atoms with van der Waals surface area (Å²) in [6.07, 6.45) is -3.03. The Labute approximate surface area is 168 Å². The number of azide groups is 1. The van der Waals surface area contributed by atoms with E-state index in [9.17, 15) is 14.7 Å². The summed E-state index contributed by atoms with van der Waals surface area (Å²) in [6, 6.07) is 7.22. The van der Waals surface area contributed by atoms with Gasteiger partial charge in [-0.05, 0) is 24.1 Å². The highest BCUT2D eigenvalue weighted by Crippen LogP contribution is 2.28. The number of benzene rings is 1. The van der Waals surface area contributed by atoms with E-state index >= 15 is 0 Å². The lowest BCUT2D eigenvalue weighted by Gasteiger charge is -2.41. The number of esters is 2. The van der Waals surface area contributed by atoms with Crippen LogP contribution in [0.2, 0.25) is 0 Å². The van der Waals surface area contributed by atoms with Gasteiger partial charge in [-0.15, -0.1) is 0 Å². The summed E-state index contributed by atoms with van der Waals surface area (Å²) in [5.41, 5.74) is 9.24. The number of nitrogens with zero attached hydrogens (tertiary/aromatic N) is 3. The zero-order chi connectivity index (χ0) is 21.2. The molecular formula is C19H25N3O7. The highest BCUT2D eigenvalue weighted by molar-refractivity contribution is 5.89. The molecule has 1 aliphatic rings. The Morgan fingerprint density at radius 3 is 2.66 bits per heavy atom. The van der Waals surface area contributed by atoms with E-state index in [2.05, 4.69) is 10.0 Å². The molecule has 10 nitrogen and oxygen atoms in total. The molecule has 29 heavy (non-hydrogen) atoms. The van der Waals surface area contributed by atoms with Gasteiger partial charge in [-0.25, -0.2) is 4.79 Å². The van der Waals surface area contributed by atoms with Crippen LogP contribution in [0.5, 0.6) is 0 Å². The molecule has 10 heteroatoms. The third-order valence-electron chi connectivity index (χ3n) is 4.31. The second-order valence-electron chi connectivity index (χ2n) is 6.49. The van der Waals surface area contributed by atoms with Gasteiger partial charge in [0.1, 0.15) is 18.8 Å². The van der Waals surface area contributed by atoms with Crippen molar-refractivity contribution in [3.63, 3.8) is 0 Å². The van der Waals surface area contributed by atoms with Gasteiger partial charge in [0, 0.05) is 18.4 Å². The van der Waals surface area contributed by atoms with E-state index in [1.807, 2.05) is 6.92 Å². The number of ether oxygens (including phenoxy) is 4. The number of carbonyl (C=O) groups is 2. The standard InChI is InChI=1S/C19H25N3O7/c1-3-4-10-26-17-15(21-22-20)16(24)14(29-19(17)28-12(2)23)11-27-18(25)13-8-6-5-7-9-13/h5-9,14-17,19,24H,3-4,10-11H2,1-2H3/t14?,15?,16-,17?,19+/m0/s1. The Balaban J connectivity index is 2.13. The minimum atomic E-state index is -1.33. The van der Waals surface area contributed by atoms with Crippen molar-refractivity contribution >= 4 is 11.9 Å². The van der Waals surface area contributed by atoms with E-state index < -0.39 is 42.6 Å².